The number of benzene rings is 4. The highest BCUT2D eigenvalue weighted by molar-refractivity contribution is 6.53. The van der Waals surface area contributed by atoms with Crippen LogP contribution in [0.1, 0.15) is 34.7 Å². The number of hydrogen-bond acceptors (Lipinski definition) is 4. The van der Waals surface area contributed by atoms with Gasteiger partial charge in [0, 0.05) is 24.2 Å². The Labute approximate surface area is 225 Å². The summed E-state index contributed by atoms with van der Waals surface area (Å²) >= 11 is 0. The highest BCUT2D eigenvalue weighted by Gasteiger charge is 2.19. The topological polar surface area (TPSA) is 49.1 Å². The monoisotopic (exact) mass is 496 g/mol. The van der Waals surface area contributed by atoms with Crippen molar-refractivity contribution in [3.8, 4) is 0 Å². The van der Waals surface area contributed by atoms with Crippen LogP contribution >= 0.6 is 0 Å². The largest absolute Gasteiger partial charge is 0.379 e. The average Bonchev–Trinajstić information content (AvgIpc) is 2.99. The van der Waals surface area contributed by atoms with Gasteiger partial charge in [0.25, 0.3) is 0 Å². The second-order valence-corrected chi connectivity index (χ2v) is 9.05. The van der Waals surface area contributed by atoms with Crippen LogP contribution in [-0.4, -0.2) is 36.8 Å². The van der Waals surface area contributed by atoms with E-state index in [9.17, 15) is 0 Å². The van der Waals surface area contributed by atoms with E-state index < -0.39 is 0 Å². The summed E-state index contributed by atoms with van der Waals surface area (Å²) in [6.45, 7) is 1.88. The predicted molar refractivity (Wildman–Crippen MR) is 160 cm³/mol. The van der Waals surface area contributed by atoms with E-state index in [4.69, 9.17) is 15.0 Å². The standard InChI is InChI=1S/C34H32N4/c1-5-15-27(16-6-1)31-32(28-17-7-2-8-18-28)36-24-14-26-38-34(30-21-11-4-12-22-30)33(37-25-13-23-35-31)29-19-9-3-10-20-29/h1-13,15-23,31,35H,14,24-26H2/b23-13-,36-32?,37-33?,38-34?. The Morgan fingerprint density at radius 1 is 0.526 bits per heavy atom. The Morgan fingerprint density at radius 2 is 1.03 bits per heavy atom. The molecule has 188 valence electrons. The van der Waals surface area contributed by atoms with E-state index in [1.54, 1.807) is 0 Å². The molecule has 4 heteroatoms. The summed E-state index contributed by atoms with van der Waals surface area (Å²) < 4.78 is 0. The van der Waals surface area contributed by atoms with E-state index in [2.05, 4.69) is 96.3 Å². The molecule has 5 rings (SSSR count). The van der Waals surface area contributed by atoms with Crippen molar-refractivity contribution in [1.82, 2.24) is 5.32 Å². The summed E-state index contributed by atoms with van der Waals surface area (Å²) in [6, 6.07) is 41.5. The van der Waals surface area contributed by atoms with Gasteiger partial charge in [-0.05, 0) is 29.8 Å². The van der Waals surface area contributed by atoms with Crippen LogP contribution in [0.3, 0.4) is 0 Å². The zero-order valence-corrected chi connectivity index (χ0v) is 21.4. The van der Waals surface area contributed by atoms with Gasteiger partial charge in [0.1, 0.15) is 0 Å². The van der Waals surface area contributed by atoms with E-state index in [1.807, 2.05) is 42.6 Å². The fourth-order valence-corrected chi connectivity index (χ4v) is 4.56. The SMILES string of the molecule is C1=C\NC(c2ccccc2)C(c2ccccc2)=NCCCN=C(c2ccccc2)C(c2ccccc2)=NC/1. The van der Waals surface area contributed by atoms with E-state index in [-0.39, 0.29) is 6.04 Å². The van der Waals surface area contributed by atoms with Crippen LogP contribution in [0.15, 0.2) is 149 Å². The van der Waals surface area contributed by atoms with Crippen molar-refractivity contribution < 1.29 is 0 Å². The average molecular weight is 497 g/mol. The van der Waals surface area contributed by atoms with Gasteiger partial charge in [0.2, 0.25) is 0 Å². The number of nitrogens with one attached hydrogen (secondary N) is 1. The summed E-state index contributed by atoms with van der Waals surface area (Å²) in [5.74, 6) is 0. The first-order chi connectivity index (χ1) is 18.9. The second-order valence-electron chi connectivity index (χ2n) is 9.05. The molecule has 1 atom stereocenters. The van der Waals surface area contributed by atoms with Crippen LogP contribution in [0.25, 0.3) is 0 Å². The van der Waals surface area contributed by atoms with Crippen LogP contribution in [0, 0.1) is 0 Å². The molecule has 0 aromatic heterocycles. The molecule has 0 radical (unpaired) electrons. The molecule has 4 nitrogen and oxygen atoms in total. The van der Waals surface area contributed by atoms with Crippen LogP contribution in [0.5, 0.6) is 0 Å². The Hall–Kier alpha value is -4.57. The Kier molecular flexibility index (Phi) is 8.66. The molecule has 0 amide bonds. The quantitative estimate of drug-likeness (QED) is 0.336. The van der Waals surface area contributed by atoms with Crippen molar-refractivity contribution in [3.63, 3.8) is 0 Å². The molecule has 1 heterocycles. The normalized spacial score (nSPS) is 17.7. The van der Waals surface area contributed by atoms with Crippen molar-refractivity contribution in [2.45, 2.75) is 12.5 Å². The molecule has 4 aromatic carbocycles. The zero-order chi connectivity index (χ0) is 25.8. The lowest BCUT2D eigenvalue weighted by Gasteiger charge is -2.21. The Balaban J connectivity index is 1.54. The maximum atomic E-state index is 5.13. The summed E-state index contributed by atoms with van der Waals surface area (Å²) in [5.41, 5.74) is 7.28. The minimum absolute atomic E-state index is 0.0706. The lowest BCUT2D eigenvalue weighted by Crippen LogP contribution is -2.26. The van der Waals surface area contributed by atoms with Gasteiger partial charge in [-0.3, -0.25) is 15.0 Å². The first-order valence-corrected chi connectivity index (χ1v) is 13.2. The molecular formula is C34H32N4. The fraction of sp³-hybridized carbons (Fsp3) is 0.147. The van der Waals surface area contributed by atoms with Crippen molar-refractivity contribution >= 4 is 17.1 Å². The zero-order valence-electron chi connectivity index (χ0n) is 21.4. The van der Waals surface area contributed by atoms with Crippen LogP contribution in [0.2, 0.25) is 0 Å². The molecule has 0 spiro atoms. The fourth-order valence-electron chi connectivity index (χ4n) is 4.56. The van der Waals surface area contributed by atoms with Crippen LogP contribution in [0.4, 0.5) is 0 Å². The third-order valence-electron chi connectivity index (χ3n) is 6.40. The van der Waals surface area contributed by atoms with Crippen molar-refractivity contribution in [1.29, 1.82) is 0 Å². The number of hydrogen-bond donors (Lipinski definition) is 1. The maximum absolute atomic E-state index is 5.13. The van der Waals surface area contributed by atoms with Gasteiger partial charge in [0.15, 0.2) is 0 Å². The van der Waals surface area contributed by atoms with Crippen LogP contribution < -0.4 is 5.32 Å². The van der Waals surface area contributed by atoms with Crippen molar-refractivity contribution in [3.05, 3.63) is 156 Å². The van der Waals surface area contributed by atoms with Gasteiger partial charge in [-0.15, -0.1) is 0 Å². The van der Waals surface area contributed by atoms with Gasteiger partial charge in [-0.1, -0.05) is 121 Å². The minimum atomic E-state index is -0.0706. The third-order valence-corrected chi connectivity index (χ3v) is 6.40. The summed E-state index contributed by atoms with van der Waals surface area (Å²) in [4.78, 5) is 15.3. The summed E-state index contributed by atoms with van der Waals surface area (Å²) in [6.07, 6.45) is 4.91. The van der Waals surface area contributed by atoms with Gasteiger partial charge >= 0.3 is 0 Å². The van der Waals surface area contributed by atoms with E-state index in [0.29, 0.717) is 19.6 Å². The van der Waals surface area contributed by atoms with Crippen molar-refractivity contribution in [2.24, 2.45) is 15.0 Å². The number of nitrogens with zero attached hydrogens (tertiary/aromatic N) is 3. The number of rotatable bonds is 4. The molecule has 1 aliphatic rings. The molecule has 0 saturated heterocycles. The van der Waals surface area contributed by atoms with Gasteiger partial charge in [0.05, 0.1) is 29.7 Å². The van der Waals surface area contributed by atoms with E-state index >= 15 is 0 Å². The van der Waals surface area contributed by atoms with Gasteiger partial charge in [-0.2, -0.15) is 0 Å². The highest BCUT2D eigenvalue weighted by Crippen LogP contribution is 2.20. The second kappa shape index (κ2) is 13.1. The van der Waals surface area contributed by atoms with Crippen LogP contribution in [-0.2, 0) is 0 Å². The van der Waals surface area contributed by atoms with E-state index in [1.165, 1.54) is 5.56 Å². The maximum Gasteiger partial charge on any atom is 0.0937 e. The lowest BCUT2D eigenvalue weighted by molar-refractivity contribution is 0.774. The smallest absolute Gasteiger partial charge is 0.0937 e. The lowest BCUT2D eigenvalue weighted by atomic mass is 9.96. The molecular weight excluding hydrogens is 464 g/mol. The first-order valence-electron chi connectivity index (χ1n) is 13.2. The third kappa shape index (κ3) is 6.40. The first kappa shape index (κ1) is 25.1. The summed E-state index contributed by atoms with van der Waals surface area (Å²) in [5, 5.41) is 3.63. The van der Waals surface area contributed by atoms with E-state index in [0.717, 1.165) is 40.2 Å². The molecule has 1 unspecified atom stereocenters. The minimum Gasteiger partial charge on any atom is -0.379 e. The molecule has 0 fully saturated rings. The Morgan fingerprint density at radius 3 is 1.63 bits per heavy atom. The summed E-state index contributed by atoms with van der Waals surface area (Å²) in [7, 11) is 0. The van der Waals surface area contributed by atoms with Gasteiger partial charge in [-0.25, -0.2) is 0 Å². The van der Waals surface area contributed by atoms with Crippen molar-refractivity contribution in [2.75, 3.05) is 19.6 Å². The molecule has 4 aromatic rings. The molecule has 1 aliphatic heterocycles. The molecule has 38 heavy (non-hydrogen) atoms. The molecule has 0 bridgehead atoms. The predicted octanol–water partition coefficient (Wildman–Crippen LogP) is 6.70. The molecule has 0 saturated carbocycles. The highest BCUT2D eigenvalue weighted by atomic mass is 14.9. The Bertz CT molecular complexity index is 1410. The molecule has 0 aliphatic carbocycles. The molecule has 1 N–H and O–H groups in total. The van der Waals surface area contributed by atoms with Gasteiger partial charge < -0.3 is 5.32 Å². The number of aliphatic imine (C=N–C) groups is 3.